The highest BCUT2D eigenvalue weighted by Gasteiger charge is 2.27. The molecule has 7 heteroatoms. The molecule has 1 heterocycles. The average molecular weight is 384 g/mol. The lowest BCUT2D eigenvalue weighted by molar-refractivity contribution is -0.139. The summed E-state index contributed by atoms with van der Waals surface area (Å²) in [5.74, 6) is -1.44. The zero-order chi connectivity index (χ0) is 20.9. The zero-order valence-electron chi connectivity index (χ0n) is 16.6. The lowest BCUT2D eigenvalue weighted by Gasteiger charge is -2.23. The molecule has 0 unspecified atom stereocenters. The molecule has 1 aliphatic rings. The molecule has 1 aromatic rings. The molecule has 0 fully saturated rings. The molecule has 148 valence electrons. The molecule has 0 atom stereocenters. The molecule has 7 nitrogen and oxygen atoms in total. The first-order valence-corrected chi connectivity index (χ1v) is 8.65. The van der Waals surface area contributed by atoms with Crippen LogP contribution in [0.3, 0.4) is 0 Å². The molecule has 1 aromatic carbocycles. The number of allylic oxidation sites excluding steroid dienone is 2. The van der Waals surface area contributed by atoms with Crippen LogP contribution in [0, 0.1) is 5.41 Å². The number of anilines is 2. The van der Waals surface area contributed by atoms with Crippen molar-refractivity contribution in [1.29, 1.82) is 0 Å². The van der Waals surface area contributed by atoms with E-state index in [9.17, 15) is 14.4 Å². The summed E-state index contributed by atoms with van der Waals surface area (Å²) in [6.45, 7) is 5.48. The van der Waals surface area contributed by atoms with Gasteiger partial charge in [-0.05, 0) is 36.4 Å². The van der Waals surface area contributed by atoms with Crippen LogP contribution in [0.15, 0.2) is 60.0 Å². The fourth-order valence-corrected chi connectivity index (χ4v) is 2.39. The molecular formula is C21H24N2O5. The number of methoxy groups -OCH3 is 2. The SMILES string of the molecule is COC(=O)C1=C(C(=O)OC)N(c2ccc(NC(=O)C(C)(C)C)cc2)C=CC=C1. The Morgan fingerprint density at radius 3 is 2.07 bits per heavy atom. The molecule has 0 saturated heterocycles. The Balaban J connectivity index is 2.42. The molecule has 0 saturated carbocycles. The summed E-state index contributed by atoms with van der Waals surface area (Å²) >= 11 is 0. The van der Waals surface area contributed by atoms with Crippen LogP contribution in [-0.4, -0.2) is 32.1 Å². The Bertz CT molecular complexity index is 858. The van der Waals surface area contributed by atoms with Crippen molar-refractivity contribution in [3.63, 3.8) is 0 Å². The zero-order valence-corrected chi connectivity index (χ0v) is 16.6. The van der Waals surface area contributed by atoms with Gasteiger partial charge >= 0.3 is 11.9 Å². The molecule has 28 heavy (non-hydrogen) atoms. The fraction of sp³-hybridized carbons (Fsp3) is 0.286. The molecule has 0 spiro atoms. The first-order valence-electron chi connectivity index (χ1n) is 8.65. The minimum Gasteiger partial charge on any atom is -0.465 e. The topological polar surface area (TPSA) is 84.9 Å². The van der Waals surface area contributed by atoms with E-state index < -0.39 is 17.4 Å². The van der Waals surface area contributed by atoms with Crippen molar-refractivity contribution in [1.82, 2.24) is 0 Å². The first-order chi connectivity index (χ1) is 13.2. The van der Waals surface area contributed by atoms with Crippen LogP contribution >= 0.6 is 0 Å². The number of benzene rings is 1. The Morgan fingerprint density at radius 2 is 1.54 bits per heavy atom. The summed E-state index contributed by atoms with van der Waals surface area (Å²) in [6.07, 6.45) is 6.45. The van der Waals surface area contributed by atoms with E-state index in [2.05, 4.69) is 5.32 Å². The molecule has 0 aromatic heterocycles. The van der Waals surface area contributed by atoms with E-state index >= 15 is 0 Å². The fourth-order valence-electron chi connectivity index (χ4n) is 2.39. The lowest BCUT2D eigenvalue weighted by Crippen LogP contribution is -2.28. The molecular weight excluding hydrogens is 360 g/mol. The minimum absolute atomic E-state index is 0.0332. The number of amides is 1. The van der Waals surface area contributed by atoms with Crippen molar-refractivity contribution in [2.75, 3.05) is 24.4 Å². The van der Waals surface area contributed by atoms with E-state index in [0.717, 1.165) is 0 Å². The molecule has 2 rings (SSSR count). The van der Waals surface area contributed by atoms with E-state index in [0.29, 0.717) is 11.4 Å². The Labute approximate surface area is 164 Å². The van der Waals surface area contributed by atoms with E-state index in [1.54, 1.807) is 42.6 Å². The largest absolute Gasteiger partial charge is 0.465 e. The summed E-state index contributed by atoms with van der Waals surface area (Å²) < 4.78 is 9.66. The van der Waals surface area contributed by atoms with Crippen molar-refractivity contribution in [3.05, 3.63) is 60.0 Å². The van der Waals surface area contributed by atoms with Gasteiger partial charge in [-0.1, -0.05) is 26.8 Å². The van der Waals surface area contributed by atoms with Crippen molar-refractivity contribution in [3.8, 4) is 0 Å². The second kappa shape index (κ2) is 8.56. The maximum absolute atomic E-state index is 12.4. The van der Waals surface area contributed by atoms with Gasteiger partial charge in [0, 0.05) is 23.0 Å². The lowest BCUT2D eigenvalue weighted by atomic mass is 9.95. The smallest absolute Gasteiger partial charge is 0.355 e. The van der Waals surface area contributed by atoms with Crippen molar-refractivity contribution in [2.24, 2.45) is 5.41 Å². The van der Waals surface area contributed by atoms with E-state index in [1.807, 2.05) is 20.8 Å². The molecule has 1 N–H and O–H groups in total. The van der Waals surface area contributed by atoms with Gasteiger partial charge in [0.05, 0.1) is 19.8 Å². The van der Waals surface area contributed by atoms with Gasteiger partial charge in [0.2, 0.25) is 5.91 Å². The van der Waals surface area contributed by atoms with E-state index in [4.69, 9.17) is 9.47 Å². The van der Waals surface area contributed by atoms with E-state index in [-0.39, 0.29) is 17.2 Å². The van der Waals surface area contributed by atoms with Crippen LogP contribution in [0.1, 0.15) is 20.8 Å². The van der Waals surface area contributed by atoms with Crippen molar-refractivity contribution < 1.29 is 23.9 Å². The van der Waals surface area contributed by atoms with Gasteiger partial charge in [-0.3, -0.25) is 4.79 Å². The maximum atomic E-state index is 12.4. The highest BCUT2D eigenvalue weighted by atomic mass is 16.5. The van der Waals surface area contributed by atoms with Crippen LogP contribution in [0.5, 0.6) is 0 Å². The summed E-state index contributed by atoms with van der Waals surface area (Å²) in [5, 5.41) is 2.84. The highest BCUT2D eigenvalue weighted by molar-refractivity contribution is 6.05. The summed E-state index contributed by atoms with van der Waals surface area (Å²) in [5.41, 5.74) is 0.817. The predicted molar refractivity (Wildman–Crippen MR) is 106 cm³/mol. The van der Waals surface area contributed by atoms with Crippen LogP contribution in [-0.2, 0) is 23.9 Å². The number of hydrogen-bond acceptors (Lipinski definition) is 6. The molecule has 1 aliphatic heterocycles. The van der Waals surface area contributed by atoms with E-state index in [1.165, 1.54) is 25.2 Å². The number of nitrogens with one attached hydrogen (secondary N) is 1. The third-order valence-corrected chi connectivity index (χ3v) is 3.97. The van der Waals surface area contributed by atoms with Gasteiger partial charge in [0.25, 0.3) is 0 Å². The second-order valence-corrected chi connectivity index (χ2v) is 7.07. The van der Waals surface area contributed by atoms with Gasteiger partial charge in [0.15, 0.2) is 0 Å². The highest BCUT2D eigenvalue weighted by Crippen LogP contribution is 2.28. The number of rotatable bonds is 4. The number of nitrogens with zero attached hydrogens (tertiary/aromatic N) is 1. The predicted octanol–water partition coefficient (Wildman–Crippen LogP) is 3.16. The number of carbonyl (C=O) groups excluding carboxylic acids is 3. The molecule has 1 amide bonds. The number of ether oxygens (including phenoxy) is 2. The monoisotopic (exact) mass is 384 g/mol. The first kappa shape index (κ1) is 21.0. The molecule has 0 aliphatic carbocycles. The Morgan fingerprint density at radius 1 is 0.929 bits per heavy atom. The third-order valence-electron chi connectivity index (χ3n) is 3.97. The summed E-state index contributed by atoms with van der Waals surface area (Å²) in [4.78, 5) is 38.2. The van der Waals surface area contributed by atoms with Gasteiger partial charge in [-0.25, -0.2) is 9.59 Å². The summed E-state index contributed by atoms with van der Waals surface area (Å²) in [7, 11) is 2.49. The molecule has 0 bridgehead atoms. The van der Waals surface area contributed by atoms with Crippen molar-refractivity contribution in [2.45, 2.75) is 20.8 Å². The van der Waals surface area contributed by atoms with Gasteiger partial charge < -0.3 is 19.7 Å². The Hall–Kier alpha value is -3.35. The van der Waals surface area contributed by atoms with Crippen LogP contribution < -0.4 is 10.2 Å². The van der Waals surface area contributed by atoms with Crippen LogP contribution in [0.4, 0.5) is 11.4 Å². The normalized spacial score (nSPS) is 13.8. The number of esters is 2. The second-order valence-electron chi connectivity index (χ2n) is 7.07. The Kier molecular flexibility index (Phi) is 6.41. The third kappa shape index (κ3) is 4.68. The van der Waals surface area contributed by atoms with Gasteiger partial charge in [-0.2, -0.15) is 0 Å². The van der Waals surface area contributed by atoms with Crippen LogP contribution in [0.25, 0.3) is 0 Å². The summed E-state index contributed by atoms with van der Waals surface area (Å²) in [6, 6.07) is 6.90. The number of hydrogen-bond donors (Lipinski definition) is 1. The standard InChI is InChI=1S/C21H24N2O5/c1-21(2,3)20(26)22-14-9-11-15(12-10-14)23-13-7-6-8-16(18(24)27-4)17(23)19(25)28-5/h6-13H,1-5H3,(H,22,26). The average Bonchev–Trinajstić information content (AvgIpc) is 2.89. The minimum atomic E-state index is -0.679. The quantitative estimate of drug-likeness (QED) is 0.803. The van der Waals surface area contributed by atoms with Crippen LogP contribution in [0.2, 0.25) is 0 Å². The maximum Gasteiger partial charge on any atom is 0.355 e. The molecule has 0 radical (unpaired) electrons. The van der Waals surface area contributed by atoms with Crippen molar-refractivity contribution >= 4 is 29.2 Å². The van der Waals surface area contributed by atoms with Gasteiger partial charge in [-0.15, -0.1) is 0 Å². The number of carbonyl (C=O) groups is 3. The van der Waals surface area contributed by atoms with Gasteiger partial charge in [0.1, 0.15) is 5.70 Å².